The lowest BCUT2D eigenvalue weighted by Gasteiger charge is -2.20. The first-order chi connectivity index (χ1) is 20.5. The molecule has 5 aromatic heterocycles. The van der Waals surface area contributed by atoms with Crippen LogP contribution in [0.15, 0.2) is 67.4 Å². The van der Waals surface area contributed by atoms with Crippen molar-refractivity contribution in [2.45, 2.75) is 38.5 Å². The van der Waals surface area contributed by atoms with Crippen LogP contribution in [0.2, 0.25) is 0 Å². The number of halogens is 1. The number of amides is 1. The molecular weight excluding hydrogens is 533 g/mol. The summed E-state index contributed by atoms with van der Waals surface area (Å²) in [5.74, 6) is -0.213. The second-order valence-corrected chi connectivity index (χ2v) is 10.9. The van der Waals surface area contributed by atoms with Crippen LogP contribution in [0.3, 0.4) is 0 Å². The zero-order valence-electron chi connectivity index (χ0n) is 22.7. The molecule has 0 bridgehead atoms. The maximum atomic E-state index is 14.0. The van der Waals surface area contributed by atoms with Gasteiger partial charge in [0.2, 0.25) is 5.91 Å². The lowest BCUT2D eigenvalue weighted by atomic mass is 9.87. The number of rotatable bonds is 6. The Kier molecular flexibility index (Phi) is 6.58. The standard InChI is InChI=1S/C32H28FN7O2/c33-21-7-19(9-23(41)10-21)26-15-35-16-29-24(26)11-28(38-29)32-25-12-27(36-17-30(25)39-40-32)20-8-22(14-34-13-20)37-31(42)6-18-4-2-1-3-5-18/h7-18,38,41H,1-6H2,(H,37,42)(H,39,40). The van der Waals surface area contributed by atoms with E-state index in [0.717, 1.165) is 52.0 Å². The first kappa shape index (κ1) is 25.8. The van der Waals surface area contributed by atoms with E-state index in [4.69, 9.17) is 0 Å². The Labute approximate surface area is 240 Å². The zero-order chi connectivity index (χ0) is 28.6. The van der Waals surface area contributed by atoms with E-state index in [9.17, 15) is 14.3 Å². The van der Waals surface area contributed by atoms with E-state index in [2.05, 4.69) is 35.5 Å². The van der Waals surface area contributed by atoms with E-state index in [1.165, 1.54) is 31.4 Å². The summed E-state index contributed by atoms with van der Waals surface area (Å²) in [6.07, 6.45) is 14.9. The van der Waals surface area contributed by atoms with Gasteiger partial charge in [-0.1, -0.05) is 19.3 Å². The second-order valence-electron chi connectivity index (χ2n) is 10.9. The first-order valence-corrected chi connectivity index (χ1v) is 14.1. The molecule has 9 nitrogen and oxygen atoms in total. The number of hydrogen-bond donors (Lipinski definition) is 4. The lowest BCUT2D eigenvalue weighted by Crippen LogP contribution is -2.18. The number of hydrogen-bond acceptors (Lipinski definition) is 6. The smallest absolute Gasteiger partial charge is 0.224 e. The highest BCUT2D eigenvalue weighted by molar-refractivity contribution is 6.01. The number of H-pyrrole nitrogens is 2. The van der Waals surface area contributed by atoms with Crippen LogP contribution in [0.5, 0.6) is 5.75 Å². The van der Waals surface area contributed by atoms with Crippen molar-refractivity contribution in [3.63, 3.8) is 0 Å². The Morgan fingerprint density at radius 3 is 2.62 bits per heavy atom. The van der Waals surface area contributed by atoms with E-state index in [0.29, 0.717) is 40.5 Å². The maximum Gasteiger partial charge on any atom is 0.224 e. The van der Waals surface area contributed by atoms with Crippen LogP contribution in [0.4, 0.5) is 10.1 Å². The van der Waals surface area contributed by atoms with Gasteiger partial charge in [0.25, 0.3) is 0 Å². The first-order valence-electron chi connectivity index (χ1n) is 14.1. The average Bonchev–Trinajstić information content (AvgIpc) is 3.61. The molecule has 0 aliphatic heterocycles. The Morgan fingerprint density at radius 2 is 1.76 bits per heavy atom. The Hall–Kier alpha value is -5.12. The minimum absolute atomic E-state index is 0.0162. The zero-order valence-corrected chi connectivity index (χ0v) is 22.7. The van der Waals surface area contributed by atoms with Gasteiger partial charge < -0.3 is 15.4 Å². The number of pyridine rings is 3. The topological polar surface area (TPSA) is 132 Å². The molecular formula is C32H28FN7O2. The molecule has 1 aliphatic rings. The molecule has 1 aromatic carbocycles. The van der Waals surface area contributed by atoms with E-state index in [1.54, 1.807) is 31.0 Å². The molecule has 0 saturated heterocycles. The Balaban J connectivity index is 1.20. The summed E-state index contributed by atoms with van der Waals surface area (Å²) in [5.41, 5.74) is 6.23. The summed E-state index contributed by atoms with van der Waals surface area (Å²) in [6.45, 7) is 0. The molecule has 1 amide bonds. The number of carbonyl (C=O) groups is 1. The predicted octanol–water partition coefficient (Wildman–Crippen LogP) is 6.98. The lowest BCUT2D eigenvalue weighted by molar-refractivity contribution is -0.117. The minimum atomic E-state index is -0.529. The fourth-order valence-corrected chi connectivity index (χ4v) is 5.93. The number of anilines is 1. The average molecular weight is 562 g/mol. The van der Waals surface area contributed by atoms with E-state index in [1.807, 2.05) is 18.2 Å². The van der Waals surface area contributed by atoms with Gasteiger partial charge in [0.1, 0.15) is 17.3 Å². The highest BCUT2D eigenvalue weighted by atomic mass is 19.1. The van der Waals surface area contributed by atoms with Gasteiger partial charge in [-0.2, -0.15) is 5.10 Å². The molecule has 10 heteroatoms. The number of nitrogens with one attached hydrogen (secondary N) is 3. The number of phenols is 1. The fraction of sp³-hybridized carbons (Fsp3) is 0.219. The van der Waals surface area contributed by atoms with Crippen molar-refractivity contribution < 1.29 is 14.3 Å². The van der Waals surface area contributed by atoms with Crippen molar-refractivity contribution in [3.8, 4) is 39.5 Å². The summed E-state index contributed by atoms with van der Waals surface area (Å²) in [5, 5.41) is 22.2. The molecule has 0 spiro atoms. The summed E-state index contributed by atoms with van der Waals surface area (Å²) in [4.78, 5) is 29.3. The number of carbonyl (C=O) groups excluding carboxylic acids is 1. The number of fused-ring (bicyclic) bond motifs is 2. The molecule has 4 N–H and O–H groups in total. The third-order valence-electron chi connectivity index (χ3n) is 7.96. The Morgan fingerprint density at radius 1 is 0.905 bits per heavy atom. The molecule has 6 aromatic rings. The van der Waals surface area contributed by atoms with Crippen LogP contribution in [-0.4, -0.2) is 41.1 Å². The number of benzene rings is 1. The Bertz CT molecular complexity index is 1920. The van der Waals surface area contributed by atoms with Gasteiger partial charge in [-0.3, -0.25) is 24.8 Å². The molecule has 1 aliphatic carbocycles. The van der Waals surface area contributed by atoms with Crippen LogP contribution in [0.1, 0.15) is 38.5 Å². The monoisotopic (exact) mass is 561 g/mol. The predicted molar refractivity (Wildman–Crippen MR) is 159 cm³/mol. The molecule has 7 rings (SSSR count). The quantitative estimate of drug-likeness (QED) is 0.173. The summed E-state index contributed by atoms with van der Waals surface area (Å²) in [7, 11) is 0. The van der Waals surface area contributed by atoms with E-state index in [-0.39, 0.29) is 11.7 Å². The largest absolute Gasteiger partial charge is 0.508 e. The SMILES string of the molecule is O=C(CC1CCCCC1)Nc1cncc(-c2cc3c(-c4cc5c(-c6cc(O)cc(F)c6)cncc5[nH]4)n[nH]c3cn2)c1. The van der Waals surface area contributed by atoms with Gasteiger partial charge in [0.15, 0.2) is 0 Å². The number of nitrogens with zero attached hydrogens (tertiary/aromatic N) is 4. The van der Waals surface area contributed by atoms with Gasteiger partial charge in [-0.15, -0.1) is 0 Å². The third kappa shape index (κ3) is 5.07. The number of aromatic nitrogens is 6. The van der Waals surface area contributed by atoms with Crippen molar-refractivity contribution in [2.75, 3.05) is 5.32 Å². The molecule has 5 heterocycles. The minimum Gasteiger partial charge on any atom is -0.508 e. The van der Waals surface area contributed by atoms with Gasteiger partial charge in [0, 0.05) is 46.8 Å². The van der Waals surface area contributed by atoms with Gasteiger partial charge >= 0.3 is 0 Å². The maximum absolute atomic E-state index is 14.0. The molecule has 0 unspecified atom stereocenters. The molecule has 1 saturated carbocycles. The second kappa shape index (κ2) is 10.7. The molecule has 0 radical (unpaired) electrons. The molecule has 210 valence electrons. The van der Waals surface area contributed by atoms with Crippen molar-refractivity contribution in [3.05, 3.63) is 73.2 Å². The number of phenolic OH excluding ortho intramolecular Hbond substituents is 1. The normalized spacial score (nSPS) is 14.0. The molecule has 1 fully saturated rings. The van der Waals surface area contributed by atoms with Crippen molar-refractivity contribution in [1.82, 2.24) is 30.1 Å². The van der Waals surface area contributed by atoms with Gasteiger partial charge in [-0.05, 0) is 54.7 Å². The van der Waals surface area contributed by atoms with Crippen LogP contribution >= 0.6 is 0 Å². The highest BCUT2D eigenvalue weighted by Crippen LogP contribution is 2.35. The summed E-state index contributed by atoms with van der Waals surface area (Å²) in [6, 6.07) is 9.70. The third-order valence-corrected chi connectivity index (χ3v) is 7.96. The highest BCUT2D eigenvalue weighted by Gasteiger charge is 2.18. The van der Waals surface area contributed by atoms with Crippen molar-refractivity contribution >= 4 is 33.4 Å². The van der Waals surface area contributed by atoms with Crippen LogP contribution in [0, 0.1) is 11.7 Å². The van der Waals surface area contributed by atoms with Crippen LogP contribution in [-0.2, 0) is 4.79 Å². The summed E-state index contributed by atoms with van der Waals surface area (Å²) < 4.78 is 14.0. The summed E-state index contributed by atoms with van der Waals surface area (Å²) >= 11 is 0. The molecule has 42 heavy (non-hydrogen) atoms. The molecule has 0 atom stereocenters. The van der Waals surface area contributed by atoms with Gasteiger partial charge in [-0.25, -0.2) is 4.39 Å². The van der Waals surface area contributed by atoms with Crippen LogP contribution in [0.25, 0.3) is 55.6 Å². The van der Waals surface area contributed by atoms with Gasteiger partial charge in [0.05, 0.1) is 46.7 Å². The number of aromatic amines is 2. The fourth-order valence-electron chi connectivity index (χ4n) is 5.93. The van der Waals surface area contributed by atoms with Crippen LogP contribution < -0.4 is 5.32 Å². The van der Waals surface area contributed by atoms with E-state index >= 15 is 0 Å². The number of aromatic hydroxyl groups is 1. The van der Waals surface area contributed by atoms with Crippen molar-refractivity contribution in [1.29, 1.82) is 0 Å². The van der Waals surface area contributed by atoms with Crippen molar-refractivity contribution in [2.24, 2.45) is 5.92 Å². The van der Waals surface area contributed by atoms with E-state index < -0.39 is 5.82 Å².